The van der Waals surface area contributed by atoms with Crippen LogP contribution in [0.3, 0.4) is 0 Å². The maximum Gasteiger partial charge on any atom is 0.319 e. The van der Waals surface area contributed by atoms with Crippen molar-refractivity contribution in [3.8, 4) is 6.01 Å². The van der Waals surface area contributed by atoms with Gasteiger partial charge >= 0.3 is 6.01 Å². The zero-order chi connectivity index (χ0) is 23.8. The Morgan fingerprint density at radius 2 is 2.19 bits per heavy atom. The first-order valence-corrected chi connectivity index (χ1v) is 11.2. The van der Waals surface area contributed by atoms with Crippen molar-refractivity contribution >= 4 is 28.3 Å². The van der Waals surface area contributed by atoms with Crippen LogP contribution >= 0.6 is 11.6 Å². The minimum absolute atomic E-state index is 0.0126. The number of alkyl halides is 2. The summed E-state index contributed by atoms with van der Waals surface area (Å²) in [6, 6.07) is -1.02. The van der Waals surface area contributed by atoms with Crippen molar-refractivity contribution in [3.05, 3.63) is 17.2 Å². The Labute approximate surface area is 190 Å². The van der Waals surface area contributed by atoms with Crippen LogP contribution in [0.25, 0.3) is 10.9 Å². The molecule has 1 unspecified atom stereocenters. The number of fused-ring (bicyclic) bond motifs is 3. The average molecular weight is 472 g/mol. The van der Waals surface area contributed by atoms with Gasteiger partial charge in [-0.2, -0.15) is 9.97 Å². The number of rotatable bonds is 4. The SMILES string of the molecule is [2H]C([2H])(Oc1nc(N2CCCO[C@@H]3C2[C@H]3F)c2cnc(Cl)c(F)c2n1)[C@@]12CCCN1C[C@H](F)C2. The monoisotopic (exact) mass is 471 g/mol. The molecular weight excluding hydrogens is 447 g/mol. The summed E-state index contributed by atoms with van der Waals surface area (Å²) in [7, 11) is 0. The molecule has 5 atom stereocenters. The fourth-order valence-electron chi connectivity index (χ4n) is 5.29. The first kappa shape index (κ1) is 18.5. The van der Waals surface area contributed by atoms with Gasteiger partial charge in [0.2, 0.25) is 0 Å². The summed E-state index contributed by atoms with van der Waals surface area (Å²) in [4.78, 5) is 15.8. The Hall–Kier alpha value is -1.91. The Morgan fingerprint density at radius 3 is 3.06 bits per heavy atom. The molecule has 2 aromatic heterocycles. The van der Waals surface area contributed by atoms with E-state index >= 15 is 0 Å². The van der Waals surface area contributed by atoms with E-state index in [0.29, 0.717) is 39.0 Å². The summed E-state index contributed by atoms with van der Waals surface area (Å²) in [6.07, 6.45) is 0.0260. The number of hydrogen-bond donors (Lipinski definition) is 0. The summed E-state index contributed by atoms with van der Waals surface area (Å²) in [5, 5.41) is -0.200. The van der Waals surface area contributed by atoms with E-state index in [-0.39, 0.29) is 29.7 Å². The van der Waals surface area contributed by atoms with Crippen LogP contribution in [0.2, 0.25) is 5.15 Å². The molecule has 5 heterocycles. The molecule has 7 nitrogen and oxygen atoms in total. The second-order valence-electron chi connectivity index (χ2n) is 8.86. The molecule has 3 aliphatic heterocycles. The summed E-state index contributed by atoms with van der Waals surface area (Å²) in [5.74, 6) is -0.733. The van der Waals surface area contributed by atoms with Crippen LogP contribution in [-0.2, 0) is 4.74 Å². The van der Waals surface area contributed by atoms with E-state index in [1.165, 1.54) is 6.20 Å². The number of anilines is 1. The first-order valence-electron chi connectivity index (χ1n) is 11.8. The molecule has 32 heavy (non-hydrogen) atoms. The number of hydrogen-bond acceptors (Lipinski definition) is 7. The molecule has 0 radical (unpaired) electrons. The maximum atomic E-state index is 15.0. The van der Waals surface area contributed by atoms with Gasteiger partial charge in [0, 0.05) is 32.3 Å². The van der Waals surface area contributed by atoms with E-state index in [2.05, 4.69) is 15.0 Å². The minimum atomic E-state index is -2.35. The average Bonchev–Trinajstić information content (AvgIpc) is 3.14. The van der Waals surface area contributed by atoms with E-state index in [1.807, 2.05) is 0 Å². The largest absolute Gasteiger partial charge is 0.461 e. The number of aromatic nitrogens is 3. The van der Waals surface area contributed by atoms with Crippen LogP contribution in [0.5, 0.6) is 6.01 Å². The molecule has 3 saturated heterocycles. The molecule has 172 valence electrons. The lowest BCUT2D eigenvalue weighted by atomic mass is 9.95. The lowest BCUT2D eigenvalue weighted by Gasteiger charge is -2.31. The molecule has 1 saturated carbocycles. The van der Waals surface area contributed by atoms with Gasteiger partial charge in [0.05, 0.1) is 19.7 Å². The Morgan fingerprint density at radius 1 is 1.31 bits per heavy atom. The lowest BCUT2D eigenvalue weighted by molar-refractivity contribution is 0.105. The van der Waals surface area contributed by atoms with Crippen molar-refractivity contribution in [2.45, 2.75) is 55.7 Å². The molecule has 0 aromatic carbocycles. The van der Waals surface area contributed by atoms with Gasteiger partial charge in [-0.05, 0) is 25.8 Å². The van der Waals surface area contributed by atoms with Gasteiger partial charge in [-0.25, -0.2) is 18.2 Å². The number of ether oxygens (including phenoxy) is 2. The van der Waals surface area contributed by atoms with Gasteiger partial charge in [-0.3, -0.25) is 4.90 Å². The first-order chi connectivity index (χ1) is 16.2. The third-order valence-corrected chi connectivity index (χ3v) is 7.12. The fraction of sp³-hybridized carbons (Fsp3) is 0.667. The van der Waals surface area contributed by atoms with Crippen LogP contribution in [0.4, 0.5) is 19.0 Å². The molecule has 6 rings (SSSR count). The molecule has 0 N–H and O–H groups in total. The van der Waals surface area contributed by atoms with Crippen molar-refractivity contribution in [2.75, 3.05) is 37.7 Å². The van der Waals surface area contributed by atoms with Crippen LogP contribution in [0.15, 0.2) is 6.20 Å². The highest BCUT2D eigenvalue weighted by atomic mass is 35.5. The molecule has 4 aliphatic rings. The van der Waals surface area contributed by atoms with Crippen LogP contribution in [0, 0.1) is 5.82 Å². The quantitative estimate of drug-likeness (QED) is 0.635. The van der Waals surface area contributed by atoms with Gasteiger partial charge in [-0.1, -0.05) is 11.6 Å². The molecule has 0 spiro atoms. The van der Waals surface area contributed by atoms with Gasteiger partial charge in [-0.15, -0.1) is 0 Å². The summed E-state index contributed by atoms with van der Waals surface area (Å²) >= 11 is 5.89. The summed E-state index contributed by atoms with van der Waals surface area (Å²) < 4.78 is 72.4. The van der Waals surface area contributed by atoms with Crippen molar-refractivity contribution in [1.29, 1.82) is 0 Å². The van der Waals surface area contributed by atoms with E-state index in [0.717, 1.165) is 0 Å². The predicted octanol–water partition coefficient (Wildman–Crippen LogP) is 3.09. The molecule has 0 amide bonds. The highest BCUT2D eigenvalue weighted by Gasteiger charge is 2.58. The molecule has 0 bridgehead atoms. The van der Waals surface area contributed by atoms with Gasteiger partial charge in [0.15, 0.2) is 17.1 Å². The van der Waals surface area contributed by atoms with E-state index in [9.17, 15) is 13.2 Å². The van der Waals surface area contributed by atoms with Crippen molar-refractivity contribution in [2.24, 2.45) is 0 Å². The molecule has 4 fully saturated rings. The highest BCUT2D eigenvalue weighted by molar-refractivity contribution is 6.30. The fourth-order valence-corrected chi connectivity index (χ4v) is 5.43. The van der Waals surface area contributed by atoms with E-state index in [1.54, 1.807) is 9.80 Å². The second-order valence-corrected chi connectivity index (χ2v) is 9.22. The van der Waals surface area contributed by atoms with Crippen LogP contribution < -0.4 is 9.64 Å². The normalized spacial score (nSPS) is 35.8. The van der Waals surface area contributed by atoms with E-state index < -0.39 is 53.6 Å². The smallest absolute Gasteiger partial charge is 0.319 e. The number of halogens is 4. The topological polar surface area (TPSA) is 63.6 Å². The van der Waals surface area contributed by atoms with Crippen LogP contribution in [-0.4, -0.2) is 82.7 Å². The van der Waals surface area contributed by atoms with Gasteiger partial charge in [0.25, 0.3) is 0 Å². The Balaban J connectivity index is 1.44. The van der Waals surface area contributed by atoms with E-state index in [4.69, 9.17) is 23.8 Å². The zero-order valence-electron chi connectivity index (χ0n) is 19.1. The standard InChI is InChI=1S/C21H23ClF3N5O2/c22-18-13(24)15-12(8-26-18)19(30-5-2-6-31-17-14(25)16(17)30)28-20(27-15)32-10-21-3-1-4-29(21)9-11(23)7-21/h8,11,14,16-17H,1-7,9-10H2/t11-,14-,16?,17+,21+/m1/s1/i10D2. The lowest BCUT2D eigenvalue weighted by Crippen LogP contribution is -2.43. The zero-order valence-corrected chi connectivity index (χ0v) is 17.9. The predicted molar refractivity (Wildman–Crippen MR) is 111 cm³/mol. The third kappa shape index (κ3) is 3.21. The second kappa shape index (κ2) is 7.56. The molecule has 1 aliphatic carbocycles. The summed E-state index contributed by atoms with van der Waals surface area (Å²) in [6.45, 7) is -0.871. The highest BCUT2D eigenvalue weighted by Crippen LogP contribution is 2.43. The Kier molecular flexibility index (Phi) is 4.37. The number of nitrogens with zero attached hydrogens (tertiary/aromatic N) is 5. The van der Waals surface area contributed by atoms with Gasteiger partial charge in [0.1, 0.15) is 30.2 Å². The maximum absolute atomic E-state index is 15.0. The Bertz CT molecular complexity index is 1150. The molecule has 11 heteroatoms. The third-order valence-electron chi connectivity index (χ3n) is 6.86. The minimum Gasteiger partial charge on any atom is -0.461 e. The van der Waals surface area contributed by atoms with Crippen molar-refractivity contribution in [1.82, 2.24) is 19.9 Å². The van der Waals surface area contributed by atoms with Gasteiger partial charge < -0.3 is 14.4 Å². The van der Waals surface area contributed by atoms with Crippen LogP contribution in [0.1, 0.15) is 28.4 Å². The van der Waals surface area contributed by atoms with Crippen molar-refractivity contribution < 1.29 is 25.4 Å². The van der Waals surface area contributed by atoms with Crippen molar-refractivity contribution in [3.63, 3.8) is 0 Å². The molecule has 2 aromatic rings. The summed E-state index contributed by atoms with van der Waals surface area (Å²) in [5.41, 5.74) is -1.37. The molecular formula is C21H23ClF3N5O2. The number of pyridine rings is 1.